The highest BCUT2D eigenvalue weighted by Gasteiger charge is 2.48. The summed E-state index contributed by atoms with van der Waals surface area (Å²) in [6.07, 6.45) is 1.38. The Labute approximate surface area is 312 Å². The van der Waals surface area contributed by atoms with Gasteiger partial charge in [-0.3, -0.25) is 14.9 Å². The van der Waals surface area contributed by atoms with E-state index < -0.39 is 45.3 Å². The van der Waals surface area contributed by atoms with Crippen LogP contribution in [0.5, 0.6) is 17.2 Å². The summed E-state index contributed by atoms with van der Waals surface area (Å²) in [4.78, 5) is 40.4. The Morgan fingerprint density at radius 3 is 1.94 bits per heavy atom. The molecule has 0 aliphatic carbocycles. The predicted octanol–water partition coefficient (Wildman–Crippen LogP) is 10.7. The van der Waals surface area contributed by atoms with Gasteiger partial charge in [0.25, 0.3) is 19.9 Å². The van der Waals surface area contributed by atoms with Gasteiger partial charge in [-0.2, -0.15) is 0 Å². The smallest absolute Gasteiger partial charge is 0.514 e. The zero-order valence-electron chi connectivity index (χ0n) is 33.8. The van der Waals surface area contributed by atoms with Crippen LogP contribution in [0.25, 0.3) is 5.57 Å². The van der Waals surface area contributed by atoms with Crippen molar-refractivity contribution in [1.29, 1.82) is 0 Å². The third kappa shape index (κ3) is 9.64. The van der Waals surface area contributed by atoms with Crippen LogP contribution in [0.2, 0.25) is 34.8 Å². The second-order valence-electron chi connectivity index (χ2n) is 17.1. The molecule has 52 heavy (non-hydrogen) atoms. The van der Waals surface area contributed by atoms with E-state index in [1.807, 2.05) is 0 Å². The first-order valence-corrected chi connectivity index (χ1v) is 23.1. The monoisotopic (exact) mass is 756 g/mol. The van der Waals surface area contributed by atoms with Gasteiger partial charge in [-0.25, -0.2) is 4.79 Å². The highest BCUT2D eigenvalue weighted by Crippen LogP contribution is 2.47. The second-order valence-corrected chi connectivity index (χ2v) is 27.3. The maximum Gasteiger partial charge on any atom is 0.514 e. The molecule has 1 heterocycles. The zero-order chi connectivity index (χ0) is 39.6. The van der Waals surface area contributed by atoms with Crippen LogP contribution >= 0.6 is 0 Å². The Balaban J connectivity index is 2.09. The fourth-order valence-electron chi connectivity index (χ4n) is 6.65. The maximum absolute atomic E-state index is 14.5. The fourth-order valence-corrected chi connectivity index (χ4v) is 12.9. The average Bonchev–Trinajstić information content (AvgIpc) is 3.44. The number of hydrogen-bond donors (Lipinski definition) is 0. The molecule has 0 bridgehead atoms. The summed E-state index contributed by atoms with van der Waals surface area (Å²) in [6, 6.07) is 9.29. The molecule has 2 aromatic carbocycles. The molecule has 0 saturated heterocycles. The molecule has 0 spiro atoms. The highest BCUT2D eigenvalue weighted by molar-refractivity contribution is 6.78. The summed E-state index contributed by atoms with van der Waals surface area (Å²) in [6.45, 7) is 29.1. The van der Waals surface area contributed by atoms with E-state index in [-0.39, 0.29) is 51.0 Å². The molecule has 288 valence electrons. The Morgan fingerprint density at radius 1 is 0.923 bits per heavy atom. The standard InChI is InChI=1S/C39H60N2O9Si2/c1-25(2)52(26(3)4,27(5)6)50-35-22-33(41(44)45)32(21-34(35)46-13)36(42)40-23-29(20-30(40)24-47-51(14,15)39(10,11)12)28-16-18-31(19-17-28)48-37(43)49-38(7,8)9/h16-19,21-23,25-27,30H,20,24H2,1-15H3/t30-/m0/s1. The first-order chi connectivity index (χ1) is 23.8. The van der Waals surface area contributed by atoms with Gasteiger partial charge in [-0.1, -0.05) is 74.4 Å². The van der Waals surface area contributed by atoms with Crippen molar-refractivity contribution < 1.29 is 37.6 Å². The van der Waals surface area contributed by atoms with Gasteiger partial charge in [0.2, 0.25) is 0 Å². The summed E-state index contributed by atoms with van der Waals surface area (Å²) in [5, 5.41) is 12.6. The molecule has 0 aromatic heterocycles. The molecule has 0 fully saturated rings. The van der Waals surface area contributed by atoms with Crippen LogP contribution < -0.4 is 13.9 Å². The Kier molecular flexibility index (Phi) is 13.3. The lowest BCUT2D eigenvalue weighted by Crippen LogP contribution is -2.50. The van der Waals surface area contributed by atoms with Crippen molar-refractivity contribution >= 4 is 40.0 Å². The molecule has 0 unspecified atom stereocenters. The van der Waals surface area contributed by atoms with E-state index in [2.05, 4.69) is 75.4 Å². The SMILES string of the molecule is COc1cc(C(=O)N2C=C(c3ccc(OC(=O)OC(C)(C)C)cc3)C[C@H]2CO[Si](C)(C)C(C)(C)C)c([N+](=O)[O-])cc1O[Si](C(C)C)(C(C)C)C(C)C. The van der Waals surface area contributed by atoms with Crippen LogP contribution in [-0.4, -0.2) is 63.9 Å². The van der Waals surface area contributed by atoms with E-state index in [9.17, 15) is 19.7 Å². The lowest BCUT2D eigenvalue weighted by atomic mass is 10.0. The Morgan fingerprint density at radius 2 is 1.48 bits per heavy atom. The number of carbonyl (C=O) groups is 2. The van der Waals surface area contributed by atoms with Crippen molar-refractivity contribution in [1.82, 2.24) is 4.90 Å². The summed E-state index contributed by atoms with van der Waals surface area (Å²) in [5.74, 6) is 0.315. The summed E-state index contributed by atoms with van der Waals surface area (Å²) < 4.78 is 29.8. The first kappa shape index (κ1) is 42.7. The minimum Gasteiger partial charge on any atom is -0.540 e. The number of benzene rings is 2. The molecule has 11 nitrogen and oxygen atoms in total. The summed E-state index contributed by atoms with van der Waals surface area (Å²) in [5.41, 5.74) is 1.12. The minimum atomic E-state index is -2.52. The normalized spacial score (nSPS) is 15.6. The topological polar surface area (TPSA) is 127 Å². The van der Waals surface area contributed by atoms with E-state index in [0.717, 1.165) is 11.1 Å². The molecule has 3 rings (SSSR count). The summed E-state index contributed by atoms with van der Waals surface area (Å²) in [7, 11) is -3.27. The maximum atomic E-state index is 14.5. The van der Waals surface area contributed by atoms with E-state index in [0.29, 0.717) is 12.2 Å². The lowest BCUT2D eigenvalue weighted by Gasteiger charge is -2.42. The number of nitro groups is 1. The molecule has 2 aromatic rings. The minimum absolute atomic E-state index is 0.0663. The van der Waals surface area contributed by atoms with Gasteiger partial charge in [0.05, 0.1) is 30.7 Å². The van der Waals surface area contributed by atoms with Gasteiger partial charge in [0.15, 0.2) is 19.8 Å². The van der Waals surface area contributed by atoms with Crippen LogP contribution in [-0.2, 0) is 9.16 Å². The quantitative estimate of drug-likeness (QED) is 0.0645. The number of amides is 1. The van der Waals surface area contributed by atoms with Crippen molar-refractivity contribution in [3.63, 3.8) is 0 Å². The van der Waals surface area contributed by atoms with Gasteiger partial charge in [0.1, 0.15) is 16.9 Å². The molecule has 1 aliphatic heterocycles. The Hall–Kier alpha value is -3.69. The van der Waals surface area contributed by atoms with Crippen LogP contribution in [0.3, 0.4) is 0 Å². The molecule has 1 aliphatic rings. The van der Waals surface area contributed by atoms with E-state index in [4.69, 9.17) is 23.1 Å². The van der Waals surface area contributed by atoms with Gasteiger partial charge >= 0.3 is 6.16 Å². The second kappa shape index (κ2) is 16.1. The third-order valence-corrected chi connectivity index (χ3v) is 20.8. The van der Waals surface area contributed by atoms with Crippen molar-refractivity contribution in [2.75, 3.05) is 13.7 Å². The summed E-state index contributed by atoms with van der Waals surface area (Å²) >= 11 is 0. The molecule has 0 saturated carbocycles. The van der Waals surface area contributed by atoms with E-state index in [1.54, 1.807) is 56.1 Å². The molecule has 1 atom stereocenters. The molecular formula is C39H60N2O9Si2. The van der Waals surface area contributed by atoms with Gasteiger partial charge in [-0.15, -0.1) is 0 Å². The predicted molar refractivity (Wildman–Crippen MR) is 210 cm³/mol. The van der Waals surface area contributed by atoms with Gasteiger partial charge < -0.3 is 28.0 Å². The van der Waals surface area contributed by atoms with E-state index in [1.165, 1.54) is 19.2 Å². The molecule has 0 N–H and O–H groups in total. The number of nitrogens with zero attached hydrogens (tertiary/aromatic N) is 2. The number of rotatable bonds is 13. The number of hydrogen-bond acceptors (Lipinski definition) is 9. The van der Waals surface area contributed by atoms with Crippen LogP contribution in [0.1, 0.15) is 105 Å². The Bertz CT molecular complexity index is 1620. The number of methoxy groups -OCH3 is 1. The fraction of sp³-hybridized carbons (Fsp3) is 0.590. The third-order valence-electron chi connectivity index (χ3n) is 10.3. The van der Waals surface area contributed by atoms with Crippen molar-refractivity contribution in [2.45, 2.75) is 136 Å². The first-order valence-electron chi connectivity index (χ1n) is 18.1. The molecule has 13 heteroatoms. The number of ether oxygens (including phenoxy) is 3. The van der Waals surface area contributed by atoms with Gasteiger partial charge in [0, 0.05) is 12.3 Å². The van der Waals surface area contributed by atoms with Crippen LogP contribution in [0.15, 0.2) is 42.6 Å². The largest absolute Gasteiger partial charge is 0.540 e. The van der Waals surface area contributed by atoms with Crippen LogP contribution in [0.4, 0.5) is 10.5 Å². The average molecular weight is 757 g/mol. The van der Waals surface area contributed by atoms with E-state index >= 15 is 0 Å². The van der Waals surface area contributed by atoms with Gasteiger partial charge in [-0.05, 0) is 85.2 Å². The molecule has 1 amide bonds. The number of nitro benzene ring substituents is 1. The number of carbonyl (C=O) groups excluding carboxylic acids is 2. The highest BCUT2D eigenvalue weighted by atomic mass is 28.4. The van der Waals surface area contributed by atoms with Crippen molar-refractivity contribution in [3.8, 4) is 17.2 Å². The van der Waals surface area contributed by atoms with Crippen LogP contribution in [0, 0.1) is 10.1 Å². The van der Waals surface area contributed by atoms with Crippen molar-refractivity contribution in [3.05, 3.63) is 63.8 Å². The van der Waals surface area contributed by atoms with Crippen molar-refractivity contribution in [2.24, 2.45) is 0 Å². The zero-order valence-corrected chi connectivity index (χ0v) is 35.8. The molecular weight excluding hydrogens is 697 g/mol. The molecule has 0 radical (unpaired) electrons. The lowest BCUT2D eigenvalue weighted by molar-refractivity contribution is -0.385.